The number of carbonyl (C=O) groups excluding carboxylic acids is 1. The highest BCUT2D eigenvalue weighted by atomic mass is 16.5. The number of piperazine rings is 1. The van der Waals surface area contributed by atoms with E-state index in [9.17, 15) is 4.79 Å². The average Bonchev–Trinajstić information content (AvgIpc) is 2.84. The second-order valence-corrected chi connectivity index (χ2v) is 8.01. The van der Waals surface area contributed by atoms with Gasteiger partial charge in [-0.05, 0) is 24.1 Å². The van der Waals surface area contributed by atoms with Gasteiger partial charge in [0, 0.05) is 56.1 Å². The number of rotatable bonds is 9. The number of nitrogens with zero attached hydrogens (tertiary/aromatic N) is 2. The summed E-state index contributed by atoms with van der Waals surface area (Å²) in [6, 6.07) is 11.7. The molecule has 1 aliphatic heterocycles. The Morgan fingerprint density at radius 2 is 2.00 bits per heavy atom. The van der Waals surface area contributed by atoms with Crippen molar-refractivity contribution < 1.29 is 14.3 Å². The van der Waals surface area contributed by atoms with Crippen molar-refractivity contribution in [2.75, 3.05) is 51.8 Å². The number of hydrogen-bond acceptors (Lipinski definition) is 7. The molecule has 4 rings (SSSR count). The fraction of sp³-hybridized carbons (Fsp3) is 0.360. The van der Waals surface area contributed by atoms with Crippen LogP contribution < -0.4 is 25.8 Å². The molecule has 1 amide bonds. The van der Waals surface area contributed by atoms with Gasteiger partial charge in [-0.25, -0.2) is 0 Å². The van der Waals surface area contributed by atoms with Gasteiger partial charge < -0.3 is 25.8 Å². The van der Waals surface area contributed by atoms with E-state index in [0.29, 0.717) is 34.9 Å². The van der Waals surface area contributed by atoms with Crippen molar-refractivity contribution in [3.63, 3.8) is 0 Å². The van der Waals surface area contributed by atoms with Crippen LogP contribution in [0.1, 0.15) is 22.8 Å². The number of aryl methyl sites for hydroxylation is 1. The number of primary amides is 1. The highest BCUT2D eigenvalue weighted by Gasteiger charge is 2.18. The molecule has 2 aromatic carbocycles. The third-order valence-electron chi connectivity index (χ3n) is 5.95. The van der Waals surface area contributed by atoms with Crippen LogP contribution >= 0.6 is 0 Å². The fourth-order valence-electron chi connectivity index (χ4n) is 4.10. The Labute approximate surface area is 194 Å². The largest absolute Gasteiger partial charge is 0.493 e. The van der Waals surface area contributed by atoms with E-state index in [0.717, 1.165) is 55.8 Å². The number of ether oxygens (including phenoxy) is 2. The first-order chi connectivity index (χ1) is 16.1. The Hall–Kier alpha value is -3.36. The fourth-order valence-corrected chi connectivity index (χ4v) is 4.10. The number of hydrogen-bond donors (Lipinski definition) is 3. The van der Waals surface area contributed by atoms with Crippen LogP contribution in [0.3, 0.4) is 0 Å². The van der Waals surface area contributed by atoms with Crippen LogP contribution in [0.25, 0.3) is 10.9 Å². The SMILES string of the molecule is CCc1ccccc1Nc1c(C(N)=O)cnc2cc(OCCN3CCNCC3)c(OC)cc12. The van der Waals surface area contributed by atoms with Crippen LogP contribution in [-0.4, -0.2) is 62.2 Å². The van der Waals surface area contributed by atoms with Crippen molar-refractivity contribution in [1.29, 1.82) is 0 Å². The maximum Gasteiger partial charge on any atom is 0.252 e. The Balaban J connectivity index is 1.67. The molecule has 1 aromatic heterocycles. The van der Waals surface area contributed by atoms with Crippen molar-refractivity contribution in [2.45, 2.75) is 13.3 Å². The van der Waals surface area contributed by atoms with Crippen molar-refractivity contribution in [3.05, 3.63) is 53.7 Å². The summed E-state index contributed by atoms with van der Waals surface area (Å²) >= 11 is 0. The molecule has 33 heavy (non-hydrogen) atoms. The van der Waals surface area contributed by atoms with Crippen LogP contribution in [-0.2, 0) is 6.42 Å². The number of nitrogens with one attached hydrogen (secondary N) is 2. The topological polar surface area (TPSA) is 102 Å². The molecule has 0 saturated carbocycles. The minimum atomic E-state index is -0.545. The van der Waals surface area contributed by atoms with Crippen LogP contribution in [0.4, 0.5) is 11.4 Å². The van der Waals surface area contributed by atoms with Gasteiger partial charge in [-0.15, -0.1) is 0 Å². The van der Waals surface area contributed by atoms with E-state index in [4.69, 9.17) is 15.2 Å². The van der Waals surface area contributed by atoms with Gasteiger partial charge in [0.25, 0.3) is 5.91 Å². The van der Waals surface area contributed by atoms with E-state index in [1.54, 1.807) is 7.11 Å². The smallest absolute Gasteiger partial charge is 0.252 e. The number of pyridine rings is 1. The average molecular weight is 450 g/mol. The third-order valence-corrected chi connectivity index (χ3v) is 5.95. The lowest BCUT2D eigenvalue weighted by Crippen LogP contribution is -2.44. The number of benzene rings is 2. The number of anilines is 2. The number of amides is 1. The monoisotopic (exact) mass is 449 g/mol. The molecule has 1 fully saturated rings. The van der Waals surface area contributed by atoms with Crippen LogP contribution in [0.5, 0.6) is 11.5 Å². The molecule has 1 saturated heterocycles. The maximum atomic E-state index is 12.2. The maximum absolute atomic E-state index is 12.2. The van der Waals surface area contributed by atoms with Gasteiger partial charge in [0.05, 0.1) is 23.9 Å². The van der Waals surface area contributed by atoms with E-state index < -0.39 is 5.91 Å². The molecular formula is C25H31N5O3. The first kappa shape index (κ1) is 22.8. The molecule has 0 unspecified atom stereocenters. The quantitative estimate of drug-likeness (QED) is 0.462. The predicted molar refractivity (Wildman–Crippen MR) is 131 cm³/mol. The number of carbonyl (C=O) groups is 1. The van der Waals surface area contributed by atoms with Gasteiger partial charge in [-0.3, -0.25) is 14.7 Å². The standard InChI is InChI=1S/C25H31N5O3/c1-3-17-6-4-5-7-20(17)29-24-18-14-22(32-2)23(15-21(18)28-16-19(24)25(26)31)33-13-12-30-10-8-27-9-11-30/h4-7,14-16,27H,3,8-13H2,1-2H3,(H2,26,31)(H,28,29). The highest BCUT2D eigenvalue weighted by Crippen LogP contribution is 2.37. The van der Waals surface area contributed by atoms with Crippen molar-refractivity contribution in [3.8, 4) is 11.5 Å². The van der Waals surface area contributed by atoms with Gasteiger partial charge in [0.1, 0.15) is 6.61 Å². The van der Waals surface area contributed by atoms with Gasteiger partial charge >= 0.3 is 0 Å². The lowest BCUT2D eigenvalue weighted by Gasteiger charge is -2.27. The third kappa shape index (κ3) is 5.18. The summed E-state index contributed by atoms with van der Waals surface area (Å²) in [5.41, 5.74) is 9.36. The number of aromatic nitrogens is 1. The van der Waals surface area contributed by atoms with Gasteiger partial charge in [0.2, 0.25) is 0 Å². The molecule has 2 heterocycles. The molecule has 0 atom stereocenters. The summed E-state index contributed by atoms with van der Waals surface area (Å²) < 4.78 is 11.7. The minimum absolute atomic E-state index is 0.322. The summed E-state index contributed by atoms with van der Waals surface area (Å²) in [5.74, 6) is 0.661. The molecule has 8 heteroatoms. The van der Waals surface area contributed by atoms with E-state index >= 15 is 0 Å². The zero-order valence-electron chi connectivity index (χ0n) is 19.2. The lowest BCUT2D eigenvalue weighted by atomic mass is 10.1. The molecule has 0 aliphatic carbocycles. The van der Waals surface area contributed by atoms with E-state index in [-0.39, 0.29) is 0 Å². The zero-order chi connectivity index (χ0) is 23.2. The molecule has 0 spiro atoms. The molecular weight excluding hydrogens is 418 g/mol. The van der Waals surface area contributed by atoms with Crippen LogP contribution in [0, 0.1) is 0 Å². The predicted octanol–water partition coefficient (Wildman–Crippen LogP) is 2.93. The molecule has 0 bridgehead atoms. The second-order valence-electron chi connectivity index (χ2n) is 8.01. The summed E-state index contributed by atoms with van der Waals surface area (Å²) in [4.78, 5) is 19.1. The van der Waals surface area contributed by atoms with Gasteiger partial charge in [-0.2, -0.15) is 0 Å². The summed E-state index contributed by atoms with van der Waals surface area (Å²) in [5, 5.41) is 7.52. The normalized spacial score (nSPS) is 14.2. The van der Waals surface area contributed by atoms with Crippen molar-refractivity contribution in [1.82, 2.24) is 15.2 Å². The lowest BCUT2D eigenvalue weighted by molar-refractivity contribution is 0.100. The molecule has 3 aromatic rings. The minimum Gasteiger partial charge on any atom is -0.493 e. The molecule has 8 nitrogen and oxygen atoms in total. The summed E-state index contributed by atoms with van der Waals surface area (Å²) in [6.07, 6.45) is 2.37. The zero-order valence-corrected chi connectivity index (χ0v) is 19.2. The first-order valence-corrected chi connectivity index (χ1v) is 11.3. The Morgan fingerprint density at radius 1 is 1.21 bits per heavy atom. The summed E-state index contributed by atoms with van der Waals surface area (Å²) in [6.45, 7) is 7.53. The Kier molecular flexibility index (Phi) is 7.26. The molecule has 174 valence electrons. The van der Waals surface area contributed by atoms with Crippen LogP contribution in [0.2, 0.25) is 0 Å². The number of nitrogens with two attached hydrogens (primary N) is 1. The Morgan fingerprint density at radius 3 is 2.73 bits per heavy atom. The van der Waals surface area contributed by atoms with Gasteiger partial charge in [-0.1, -0.05) is 25.1 Å². The highest BCUT2D eigenvalue weighted by molar-refractivity contribution is 6.08. The molecule has 4 N–H and O–H groups in total. The molecule has 0 radical (unpaired) electrons. The Bertz CT molecular complexity index is 1130. The summed E-state index contributed by atoms with van der Waals surface area (Å²) in [7, 11) is 1.61. The number of methoxy groups -OCH3 is 1. The number of fused-ring (bicyclic) bond motifs is 1. The van der Waals surface area contributed by atoms with E-state index in [2.05, 4.69) is 33.5 Å². The second kappa shape index (κ2) is 10.5. The number of para-hydroxylation sites is 1. The van der Waals surface area contributed by atoms with Crippen molar-refractivity contribution >= 4 is 28.2 Å². The molecule has 1 aliphatic rings. The van der Waals surface area contributed by atoms with Gasteiger partial charge in [0.15, 0.2) is 11.5 Å². The van der Waals surface area contributed by atoms with Crippen molar-refractivity contribution in [2.24, 2.45) is 5.73 Å². The van der Waals surface area contributed by atoms with E-state index in [1.807, 2.05) is 30.3 Å². The first-order valence-electron chi connectivity index (χ1n) is 11.3. The van der Waals surface area contributed by atoms with E-state index in [1.165, 1.54) is 6.20 Å². The van der Waals surface area contributed by atoms with Crippen LogP contribution in [0.15, 0.2) is 42.6 Å².